The molecule has 0 bridgehead atoms. The monoisotopic (exact) mass is 317 g/mol. The van der Waals surface area contributed by atoms with Gasteiger partial charge in [-0.25, -0.2) is 0 Å². The Bertz CT molecular complexity index is 581. The van der Waals surface area contributed by atoms with Crippen LogP contribution < -0.4 is 5.32 Å². The van der Waals surface area contributed by atoms with Crippen LogP contribution in [0.15, 0.2) is 18.3 Å². The maximum atomic E-state index is 12.5. The molecule has 1 aromatic heterocycles. The van der Waals surface area contributed by atoms with Gasteiger partial charge < -0.3 is 10.2 Å². The molecule has 3 heterocycles. The van der Waals surface area contributed by atoms with Crippen LogP contribution in [0, 0.1) is 6.92 Å². The van der Waals surface area contributed by atoms with Crippen molar-refractivity contribution in [2.45, 2.75) is 49.4 Å². The summed E-state index contributed by atoms with van der Waals surface area (Å²) in [5, 5.41) is 3.79. The summed E-state index contributed by atoms with van der Waals surface area (Å²) in [6.45, 7) is 3.73. The van der Waals surface area contributed by atoms with Gasteiger partial charge in [0.2, 0.25) is 0 Å². The number of pyridine rings is 1. The van der Waals surface area contributed by atoms with Gasteiger partial charge in [0.05, 0.1) is 4.75 Å². The first-order valence-corrected chi connectivity index (χ1v) is 9.25. The Morgan fingerprint density at radius 2 is 2.23 bits per heavy atom. The van der Waals surface area contributed by atoms with E-state index < -0.39 is 0 Å². The topological polar surface area (TPSA) is 45.2 Å². The van der Waals surface area contributed by atoms with Crippen molar-refractivity contribution in [3.63, 3.8) is 0 Å². The van der Waals surface area contributed by atoms with E-state index in [2.05, 4.69) is 22.1 Å². The van der Waals surface area contributed by atoms with Gasteiger partial charge in [-0.3, -0.25) is 9.78 Å². The smallest absolute Gasteiger partial charge is 0.272 e. The lowest BCUT2D eigenvalue weighted by Crippen LogP contribution is -2.61. The number of hydrogen-bond donors (Lipinski definition) is 1. The van der Waals surface area contributed by atoms with E-state index in [1.807, 2.05) is 24.0 Å². The first-order valence-electron chi connectivity index (χ1n) is 8.26. The molecule has 3 fully saturated rings. The molecule has 5 heteroatoms. The second kappa shape index (κ2) is 5.53. The molecule has 2 saturated heterocycles. The fourth-order valence-electron chi connectivity index (χ4n) is 3.73. The lowest BCUT2D eigenvalue weighted by Gasteiger charge is -2.47. The Morgan fingerprint density at radius 3 is 2.91 bits per heavy atom. The van der Waals surface area contributed by atoms with E-state index in [0.29, 0.717) is 16.5 Å². The fourth-order valence-corrected chi connectivity index (χ4v) is 5.31. The fraction of sp³-hybridized carbons (Fsp3) is 0.647. The van der Waals surface area contributed by atoms with E-state index in [9.17, 15) is 4.79 Å². The van der Waals surface area contributed by atoms with Gasteiger partial charge in [-0.1, -0.05) is 12.5 Å². The van der Waals surface area contributed by atoms with Crippen molar-refractivity contribution in [1.82, 2.24) is 15.2 Å². The van der Waals surface area contributed by atoms with Crippen LogP contribution in [0.1, 0.15) is 41.7 Å². The van der Waals surface area contributed by atoms with E-state index in [0.717, 1.165) is 24.7 Å². The van der Waals surface area contributed by atoms with Crippen molar-refractivity contribution in [3.05, 3.63) is 29.6 Å². The van der Waals surface area contributed by atoms with Crippen molar-refractivity contribution in [1.29, 1.82) is 0 Å². The Morgan fingerprint density at radius 1 is 1.41 bits per heavy atom. The molecule has 118 valence electrons. The molecular weight excluding hydrogens is 294 g/mol. The van der Waals surface area contributed by atoms with Crippen molar-refractivity contribution in [3.8, 4) is 0 Å². The first kappa shape index (κ1) is 14.5. The Hall–Kier alpha value is -1.07. The predicted octanol–water partition coefficient (Wildman–Crippen LogP) is 2.23. The third-order valence-electron chi connectivity index (χ3n) is 5.24. The number of carbonyl (C=O) groups is 1. The van der Waals surface area contributed by atoms with E-state index in [1.165, 1.54) is 31.4 Å². The number of amides is 1. The average Bonchev–Trinajstić information content (AvgIpc) is 2.85. The highest BCUT2D eigenvalue weighted by molar-refractivity contribution is 8.01. The zero-order chi connectivity index (χ0) is 15.2. The van der Waals surface area contributed by atoms with Crippen LogP contribution in [0.2, 0.25) is 0 Å². The van der Waals surface area contributed by atoms with Crippen molar-refractivity contribution >= 4 is 17.7 Å². The molecule has 1 N–H and O–H groups in total. The minimum atomic E-state index is 0.0970. The van der Waals surface area contributed by atoms with Gasteiger partial charge in [0.25, 0.3) is 5.91 Å². The Labute approximate surface area is 136 Å². The molecule has 0 radical (unpaired) electrons. The van der Waals surface area contributed by atoms with Crippen LogP contribution >= 0.6 is 11.8 Å². The molecule has 0 aromatic carbocycles. The molecule has 1 aromatic rings. The van der Waals surface area contributed by atoms with E-state index in [-0.39, 0.29) is 5.91 Å². The number of likely N-dealkylation sites (tertiary alicyclic amines) is 1. The van der Waals surface area contributed by atoms with Gasteiger partial charge in [0.1, 0.15) is 5.69 Å². The van der Waals surface area contributed by atoms with Gasteiger partial charge in [0, 0.05) is 37.1 Å². The summed E-state index contributed by atoms with van der Waals surface area (Å²) in [5.74, 6) is 1.29. The zero-order valence-corrected chi connectivity index (χ0v) is 13.9. The van der Waals surface area contributed by atoms with Crippen LogP contribution in [0.4, 0.5) is 0 Å². The molecule has 1 aliphatic carbocycles. The lowest BCUT2D eigenvalue weighted by atomic mass is 9.88. The number of carbonyl (C=O) groups excluding carboxylic acids is 1. The minimum absolute atomic E-state index is 0.0970. The highest BCUT2D eigenvalue weighted by Crippen LogP contribution is 2.45. The molecule has 22 heavy (non-hydrogen) atoms. The van der Waals surface area contributed by atoms with E-state index >= 15 is 0 Å². The summed E-state index contributed by atoms with van der Waals surface area (Å²) in [7, 11) is 0. The number of hydrogen-bond acceptors (Lipinski definition) is 4. The molecule has 1 atom stereocenters. The van der Waals surface area contributed by atoms with E-state index in [1.54, 1.807) is 6.20 Å². The molecule has 1 amide bonds. The van der Waals surface area contributed by atoms with Crippen LogP contribution in [-0.4, -0.2) is 51.5 Å². The molecule has 4 rings (SSSR count). The highest BCUT2D eigenvalue weighted by Gasteiger charge is 2.51. The van der Waals surface area contributed by atoms with Crippen LogP contribution in [0.3, 0.4) is 0 Å². The summed E-state index contributed by atoms with van der Waals surface area (Å²) in [6, 6.07) is 5.24. The van der Waals surface area contributed by atoms with Gasteiger partial charge in [-0.2, -0.15) is 0 Å². The Kier molecular flexibility index (Phi) is 3.65. The SMILES string of the molecule is Cc1cccnc1C(=O)N1CC2(CC(NC3CCC3)CS2)C1. The van der Waals surface area contributed by atoms with Gasteiger partial charge in [-0.15, -0.1) is 11.8 Å². The van der Waals surface area contributed by atoms with Gasteiger partial charge >= 0.3 is 0 Å². The van der Waals surface area contributed by atoms with Gasteiger partial charge in [0.15, 0.2) is 0 Å². The molecule has 1 saturated carbocycles. The number of rotatable bonds is 3. The second-order valence-corrected chi connectivity index (χ2v) is 8.51. The predicted molar refractivity (Wildman–Crippen MR) is 89.2 cm³/mol. The molecule has 1 unspecified atom stereocenters. The first-order chi connectivity index (χ1) is 10.7. The minimum Gasteiger partial charge on any atom is -0.334 e. The molecule has 3 aliphatic rings. The van der Waals surface area contributed by atoms with Crippen molar-refractivity contribution in [2.75, 3.05) is 18.8 Å². The quantitative estimate of drug-likeness (QED) is 0.928. The zero-order valence-electron chi connectivity index (χ0n) is 13.0. The number of aryl methyl sites for hydroxylation is 1. The average molecular weight is 317 g/mol. The second-order valence-electron chi connectivity index (χ2n) is 7.02. The largest absolute Gasteiger partial charge is 0.334 e. The normalized spacial score (nSPS) is 26.8. The molecular formula is C17H23N3OS. The molecule has 4 nitrogen and oxygen atoms in total. The van der Waals surface area contributed by atoms with Crippen LogP contribution in [0.25, 0.3) is 0 Å². The lowest BCUT2D eigenvalue weighted by molar-refractivity contribution is 0.0542. The molecule has 1 spiro atoms. The highest BCUT2D eigenvalue weighted by atomic mass is 32.2. The maximum absolute atomic E-state index is 12.5. The number of aromatic nitrogens is 1. The third-order valence-corrected chi connectivity index (χ3v) is 6.85. The standard InChI is InChI=1S/C17H23N3OS/c1-12-4-3-7-18-15(12)16(21)20-10-17(11-20)8-14(9-22-17)19-13-5-2-6-13/h3-4,7,13-14,19H,2,5-6,8-11H2,1H3. The third kappa shape index (κ3) is 2.54. The summed E-state index contributed by atoms with van der Waals surface area (Å²) in [6.07, 6.45) is 6.99. The number of nitrogens with zero attached hydrogens (tertiary/aromatic N) is 2. The summed E-state index contributed by atoms with van der Waals surface area (Å²) >= 11 is 2.06. The number of thioether (sulfide) groups is 1. The van der Waals surface area contributed by atoms with Crippen LogP contribution in [0.5, 0.6) is 0 Å². The van der Waals surface area contributed by atoms with E-state index in [4.69, 9.17) is 0 Å². The van der Waals surface area contributed by atoms with Crippen molar-refractivity contribution in [2.24, 2.45) is 0 Å². The summed E-state index contributed by atoms with van der Waals surface area (Å²) in [4.78, 5) is 18.8. The maximum Gasteiger partial charge on any atom is 0.272 e. The summed E-state index contributed by atoms with van der Waals surface area (Å²) in [5.41, 5.74) is 1.58. The van der Waals surface area contributed by atoms with Gasteiger partial charge in [-0.05, 0) is 37.8 Å². The number of nitrogens with one attached hydrogen (secondary N) is 1. The Balaban J connectivity index is 1.34. The summed E-state index contributed by atoms with van der Waals surface area (Å²) < 4.78 is 0.305. The van der Waals surface area contributed by atoms with Crippen molar-refractivity contribution < 1.29 is 4.79 Å². The van der Waals surface area contributed by atoms with Crippen LogP contribution in [-0.2, 0) is 0 Å². The molecule has 2 aliphatic heterocycles.